The summed E-state index contributed by atoms with van der Waals surface area (Å²) in [5, 5.41) is 2.50. The van der Waals surface area contributed by atoms with Crippen LogP contribution in [0.3, 0.4) is 0 Å². The molecule has 2 aromatic rings. The molecule has 1 aromatic heterocycles. The summed E-state index contributed by atoms with van der Waals surface area (Å²) in [6, 6.07) is 10.7. The van der Waals surface area contributed by atoms with Crippen LogP contribution >= 0.6 is 0 Å². The number of ether oxygens (including phenoxy) is 2. The number of nitrogens with zero attached hydrogens (tertiary/aromatic N) is 1. The number of aromatic nitrogens is 1. The zero-order valence-electron chi connectivity index (χ0n) is 11.9. The molecule has 1 heterocycles. The number of hydrogen-bond acceptors (Lipinski definition) is 5. The lowest BCUT2D eigenvalue weighted by Gasteiger charge is -2.09. The highest BCUT2D eigenvalue weighted by molar-refractivity contribution is 5.92. The minimum atomic E-state index is -0.309. The molecule has 3 N–H and O–H groups in total. The Hall–Kier alpha value is -2.76. The van der Waals surface area contributed by atoms with Gasteiger partial charge in [-0.15, -0.1) is 0 Å². The van der Waals surface area contributed by atoms with Gasteiger partial charge in [-0.25, -0.2) is 4.98 Å². The number of nitrogen functional groups attached to an aromatic ring is 1. The average molecular weight is 287 g/mol. The van der Waals surface area contributed by atoms with Crippen molar-refractivity contribution in [2.75, 3.05) is 19.9 Å². The second-order valence-corrected chi connectivity index (χ2v) is 4.33. The van der Waals surface area contributed by atoms with E-state index in [2.05, 4.69) is 10.3 Å². The van der Waals surface area contributed by atoms with Crippen LogP contribution in [0.1, 0.15) is 16.1 Å². The number of carbonyl (C=O) groups is 1. The molecule has 0 radical (unpaired) electrons. The van der Waals surface area contributed by atoms with Gasteiger partial charge in [0.2, 0.25) is 0 Å². The van der Waals surface area contributed by atoms with Crippen LogP contribution in [0.25, 0.3) is 0 Å². The molecular formula is C15H17N3O3. The highest BCUT2D eigenvalue weighted by Gasteiger charge is 2.08. The number of methoxy groups -OCH3 is 1. The van der Waals surface area contributed by atoms with Crippen LogP contribution in [-0.4, -0.2) is 25.0 Å². The maximum atomic E-state index is 11.6. The molecule has 0 saturated heterocycles. The van der Waals surface area contributed by atoms with Gasteiger partial charge in [0.05, 0.1) is 7.11 Å². The molecule has 0 bridgehead atoms. The van der Waals surface area contributed by atoms with Gasteiger partial charge in [-0.2, -0.15) is 0 Å². The fourth-order valence-corrected chi connectivity index (χ4v) is 1.74. The number of anilines is 1. The number of benzene rings is 1. The van der Waals surface area contributed by atoms with Gasteiger partial charge in [-0.1, -0.05) is 12.1 Å². The molecule has 0 saturated carbocycles. The first kappa shape index (κ1) is 14.6. The maximum absolute atomic E-state index is 11.6. The van der Waals surface area contributed by atoms with Gasteiger partial charge in [-0.05, 0) is 17.7 Å². The Morgan fingerprint density at radius 3 is 2.57 bits per heavy atom. The summed E-state index contributed by atoms with van der Waals surface area (Å²) in [4.78, 5) is 15.5. The van der Waals surface area contributed by atoms with E-state index >= 15 is 0 Å². The lowest BCUT2D eigenvalue weighted by atomic mass is 10.2. The standard InChI is InChI=1S/C15H17N3O3/c1-17-15(19)13-7-12(8-14(16)18-13)21-9-10-3-5-11(20-2)6-4-10/h3-8H,9H2,1-2H3,(H2,16,18)(H,17,19). The van der Waals surface area contributed by atoms with Gasteiger partial charge in [0.25, 0.3) is 5.91 Å². The van der Waals surface area contributed by atoms with Crippen molar-refractivity contribution in [3.05, 3.63) is 47.7 Å². The first-order chi connectivity index (χ1) is 10.1. The third kappa shape index (κ3) is 3.85. The minimum absolute atomic E-state index is 0.224. The smallest absolute Gasteiger partial charge is 0.269 e. The van der Waals surface area contributed by atoms with Crippen LogP contribution in [0, 0.1) is 0 Å². The van der Waals surface area contributed by atoms with Crippen LogP contribution in [0.4, 0.5) is 5.82 Å². The largest absolute Gasteiger partial charge is 0.497 e. The second-order valence-electron chi connectivity index (χ2n) is 4.33. The van der Waals surface area contributed by atoms with Crippen molar-refractivity contribution in [2.24, 2.45) is 0 Å². The van der Waals surface area contributed by atoms with Crippen LogP contribution in [0.2, 0.25) is 0 Å². The Kier molecular flexibility index (Phi) is 4.61. The van der Waals surface area contributed by atoms with Crippen LogP contribution in [0.15, 0.2) is 36.4 Å². The number of rotatable bonds is 5. The SMILES string of the molecule is CNC(=O)c1cc(OCc2ccc(OC)cc2)cc(N)n1. The molecule has 0 aliphatic rings. The molecule has 110 valence electrons. The van der Waals surface area contributed by atoms with E-state index in [9.17, 15) is 4.79 Å². The number of amides is 1. The minimum Gasteiger partial charge on any atom is -0.497 e. The summed E-state index contributed by atoms with van der Waals surface area (Å²) in [5.41, 5.74) is 6.87. The highest BCUT2D eigenvalue weighted by Crippen LogP contribution is 2.18. The number of pyridine rings is 1. The van der Waals surface area contributed by atoms with E-state index in [-0.39, 0.29) is 17.4 Å². The molecule has 0 atom stereocenters. The molecule has 2 rings (SSSR count). The third-order valence-electron chi connectivity index (χ3n) is 2.84. The van der Waals surface area contributed by atoms with Gasteiger partial charge in [-0.3, -0.25) is 4.79 Å². The van der Waals surface area contributed by atoms with E-state index in [1.54, 1.807) is 19.2 Å². The molecule has 0 unspecified atom stereocenters. The van der Waals surface area contributed by atoms with Crippen molar-refractivity contribution in [2.45, 2.75) is 6.61 Å². The molecule has 0 fully saturated rings. The Labute approximate surface area is 122 Å². The Balaban J connectivity index is 2.08. The molecule has 0 aliphatic carbocycles. The van der Waals surface area contributed by atoms with E-state index in [1.165, 1.54) is 7.05 Å². The Bertz CT molecular complexity index is 627. The summed E-state index contributed by atoms with van der Waals surface area (Å²) >= 11 is 0. The lowest BCUT2D eigenvalue weighted by Crippen LogP contribution is -2.19. The van der Waals surface area contributed by atoms with Crippen molar-refractivity contribution in [1.29, 1.82) is 0 Å². The first-order valence-electron chi connectivity index (χ1n) is 6.37. The van der Waals surface area contributed by atoms with E-state index in [4.69, 9.17) is 15.2 Å². The van der Waals surface area contributed by atoms with Gasteiger partial charge in [0.15, 0.2) is 0 Å². The highest BCUT2D eigenvalue weighted by atomic mass is 16.5. The van der Waals surface area contributed by atoms with Crippen LogP contribution < -0.4 is 20.5 Å². The van der Waals surface area contributed by atoms with Gasteiger partial charge in [0.1, 0.15) is 29.6 Å². The van der Waals surface area contributed by atoms with E-state index < -0.39 is 0 Å². The predicted octanol–water partition coefficient (Wildman–Crippen LogP) is 1.61. The van der Waals surface area contributed by atoms with Crippen molar-refractivity contribution in [3.8, 4) is 11.5 Å². The molecule has 21 heavy (non-hydrogen) atoms. The summed E-state index contributed by atoms with van der Waals surface area (Å²) in [7, 11) is 3.15. The van der Waals surface area contributed by atoms with Crippen molar-refractivity contribution < 1.29 is 14.3 Å². The summed E-state index contributed by atoms with van der Waals surface area (Å²) in [6.07, 6.45) is 0. The van der Waals surface area contributed by atoms with Crippen LogP contribution in [-0.2, 0) is 6.61 Å². The predicted molar refractivity (Wildman–Crippen MR) is 79.4 cm³/mol. The third-order valence-corrected chi connectivity index (χ3v) is 2.84. The van der Waals surface area contributed by atoms with Crippen molar-refractivity contribution in [3.63, 3.8) is 0 Å². The molecule has 0 spiro atoms. The van der Waals surface area contributed by atoms with Gasteiger partial charge >= 0.3 is 0 Å². The van der Waals surface area contributed by atoms with E-state index in [0.29, 0.717) is 12.4 Å². The second kappa shape index (κ2) is 6.60. The van der Waals surface area contributed by atoms with Crippen molar-refractivity contribution >= 4 is 11.7 Å². The quantitative estimate of drug-likeness (QED) is 0.872. The van der Waals surface area contributed by atoms with Crippen molar-refractivity contribution in [1.82, 2.24) is 10.3 Å². The average Bonchev–Trinajstić information content (AvgIpc) is 2.52. The zero-order valence-corrected chi connectivity index (χ0v) is 11.9. The molecule has 1 aromatic carbocycles. The fraction of sp³-hybridized carbons (Fsp3) is 0.200. The summed E-state index contributed by atoms with van der Waals surface area (Å²) in [5.74, 6) is 1.21. The van der Waals surface area contributed by atoms with Crippen LogP contribution in [0.5, 0.6) is 11.5 Å². The Morgan fingerprint density at radius 2 is 1.95 bits per heavy atom. The lowest BCUT2D eigenvalue weighted by molar-refractivity contribution is 0.0957. The topological polar surface area (TPSA) is 86.5 Å². The first-order valence-corrected chi connectivity index (χ1v) is 6.37. The summed E-state index contributed by atoms with van der Waals surface area (Å²) in [6.45, 7) is 0.362. The Morgan fingerprint density at radius 1 is 1.24 bits per heavy atom. The molecule has 6 nitrogen and oxygen atoms in total. The molecule has 1 amide bonds. The monoisotopic (exact) mass is 287 g/mol. The maximum Gasteiger partial charge on any atom is 0.269 e. The normalized spacial score (nSPS) is 10.0. The fourth-order valence-electron chi connectivity index (χ4n) is 1.74. The molecule has 0 aliphatic heterocycles. The van der Waals surface area contributed by atoms with E-state index in [0.717, 1.165) is 11.3 Å². The van der Waals surface area contributed by atoms with Gasteiger partial charge < -0.3 is 20.5 Å². The number of nitrogens with two attached hydrogens (primary N) is 1. The number of hydrogen-bond donors (Lipinski definition) is 2. The molecule has 6 heteroatoms. The molecular weight excluding hydrogens is 270 g/mol. The van der Waals surface area contributed by atoms with E-state index in [1.807, 2.05) is 24.3 Å². The zero-order chi connectivity index (χ0) is 15.2. The summed E-state index contributed by atoms with van der Waals surface area (Å²) < 4.78 is 10.7. The number of carbonyl (C=O) groups excluding carboxylic acids is 1. The number of nitrogens with one attached hydrogen (secondary N) is 1. The van der Waals surface area contributed by atoms with Gasteiger partial charge in [0, 0.05) is 19.2 Å².